The summed E-state index contributed by atoms with van der Waals surface area (Å²) in [5, 5.41) is 20.6. The zero-order valence-electron chi connectivity index (χ0n) is 7.86. The van der Waals surface area contributed by atoms with Crippen LogP contribution in [0.4, 0.5) is 11.4 Å². The summed E-state index contributed by atoms with van der Waals surface area (Å²) < 4.78 is 0. The van der Waals surface area contributed by atoms with Crippen molar-refractivity contribution in [2.45, 2.75) is 6.92 Å². The first kappa shape index (κ1) is 12.4. The van der Waals surface area contributed by atoms with Gasteiger partial charge in [0.15, 0.2) is 4.98 Å². The molecule has 0 amide bonds. The number of carboxylic acid groups (broad SMARTS) is 1. The number of carbonyl (C=O) groups is 1. The maximum Gasteiger partial charge on any atom is 0.394 e. The highest BCUT2D eigenvalue weighted by Crippen LogP contribution is 2.26. The molecule has 0 radical (unpaired) electrons. The number of rotatable bonds is 1. The first-order valence-corrected chi connectivity index (χ1v) is 3.78. The van der Waals surface area contributed by atoms with Gasteiger partial charge in [0.1, 0.15) is 5.69 Å². The van der Waals surface area contributed by atoms with Crippen LogP contribution in [0.15, 0.2) is 29.4 Å². The van der Waals surface area contributed by atoms with Crippen LogP contribution in [-0.2, 0) is 4.79 Å². The number of nitrogens with zero attached hydrogens (tertiary/aromatic N) is 5. The maximum atomic E-state index is 8.89. The van der Waals surface area contributed by atoms with E-state index in [1.54, 1.807) is 24.3 Å². The van der Waals surface area contributed by atoms with Gasteiger partial charge in [-0.05, 0) is 18.5 Å². The van der Waals surface area contributed by atoms with Gasteiger partial charge in [0.25, 0.3) is 0 Å². The van der Waals surface area contributed by atoms with Gasteiger partial charge in [0, 0.05) is 16.9 Å². The molecule has 0 aliphatic rings. The number of diazo groups is 1. The molecule has 15 heavy (non-hydrogen) atoms. The lowest BCUT2D eigenvalue weighted by Crippen LogP contribution is -2.16. The average Bonchev–Trinajstić information content (AvgIpc) is 2.18. The molecule has 0 saturated heterocycles. The van der Waals surface area contributed by atoms with E-state index in [-0.39, 0.29) is 5.69 Å². The third kappa shape index (κ3) is 5.63. The van der Waals surface area contributed by atoms with E-state index in [0.29, 0.717) is 5.69 Å². The molecule has 0 fully saturated rings. The second-order valence-electron chi connectivity index (χ2n) is 2.27. The molecule has 0 aromatic heterocycles. The summed E-state index contributed by atoms with van der Waals surface area (Å²) in [6, 6.07) is 6.49. The Morgan fingerprint density at radius 1 is 1.53 bits per heavy atom. The highest BCUT2D eigenvalue weighted by atomic mass is 16.4. The number of carbonyl (C=O) groups excluding carboxylic acids is 1. The first-order chi connectivity index (χ1) is 7.11. The second-order valence-corrected chi connectivity index (χ2v) is 2.27. The fraction of sp³-hybridized carbons (Fsp3) is 0.125. The molecule has 0 atom stereocenters. The van der Waals surface area contributed by atoms with Gasteiger partial charge >= 0.3 is 5.69 Å². The van der Waals surface area contributed by atoms with E-state index in [1.165, 1.54) is 0 Å². The summed E-state index contributed by atoms with van der Waals surface area (Å²) >= 11 is 0. The molecular weight excluding hydrogens is 198 g/mol. The van der Waals surface area contributed by atoms with Crippen molar-refractivity contribution >= 4 is 17.3 Å². The van der Waals surface area contributed by atoms with Crippen LogP contribution < -0.4 is 5.11 Å². The van der Waals surface area contributed by atoms with Crippen LogP contribution in [-0.4, -0.2) is 5.97 Å². The van der Waals surface area contributed by atoms with Gasteiger partial charge < -0.3 is 9.90 Å². The number of hydrogen-bond acceptors (Lipinski definition) is 4. The molecular formula is C8H7N5O2. The van der Waals surface area contributed by atoms with E-state index in [0.717, 1.165) is 6.92 Å². The molecule has 0 bridgehead atoms. The third-order valence-electron chi connectivity index (χ3n) is 1.14. The number of aliphatic carboxylic acids is 1. The minimum absolute atomic E-state index is 0.269. The standard InChI is InChI=1S/C6H4N5.C2H4O2/c7-9-5-3-1-2-4-6(5)10-11-8;1-2(3)4/h1-4H;1H3,(H,3,4)/q+1;/p-1. The predicted molar refractivity (Wildman–Crippen MR) is 50.7 cm³/mol. The van der Waals surface area contributed by atoms with Crippen molar-refractivity contribution < 1.29 is 9.90 Å². The Balaban J connectivity index is 0.000000423. The van der Waals surface area contributed by atoms with Crippen LogP contribution in [0, 0.1) is 5.39 Å². The molecule has 0 heterocycles. The smallest absolute Gasteiger partial charge is 0.394 e. The number of carboxylic acids is 1. The van der Waals surface area contributed by atoms with E-state index in [1.807, 2.05) is 0 Å². The lowest BCUT2D eigenvalue weighted by Gasteiger charge is -1.81. The Morgan fingerprint density at radius 2 is 2.07 bits per heavy atom. The quantitative estimate of drug-likeness (QED) is 0.301. The maximum absolute atomic E-state index is 8.89. The van der Waals surface area contributed by atoms with Crippen LogP contribution >= 0.6 is 0 Å². The van der Waals surface area contributed by atoms with Crippen molar-refractivity contribution in [1.29, 1.82) is 5.39 Å². The molecule has 0 spiro atoms. The van der Waals surface area contributed by atoms with E-state index < -0.39 is 5.97 Å². The molecule has 0 aliphatic heterocycles. The SMILES string of the molecule is CC(=O)[O-].N#[N+]c1ccccc1N=[N+]=[N-]. The number of azide groups is 1. The molecule has 0 saturated carbocycles. The summed E-state index contributed by atoms with van der Waals surface area (Å²) in [5.41, 5.74) is 8.66. The normalized spacial score (nSPS) is 7.47. The van der Waals surface area contributed by atoms with E-state index >= 15 is 0 Å². The summed E-state index contributed by atoms with van der Waals surface area (Å²) in [7, 11) is 0. The van der Waals surface area contributed by atoms with Crippen LogP contribution in [0.5, 0.6) is 0 Å². The Morgan fingerprint density at radius 3 is 2.53 bits per heavy atom. The first-order valence-electron chi connectivity index (χ1n) is 3.78. The summed E-state index contributed by atoms with van der Waals surface area (Å²) in [6.45, 7) is 0.972. The van der Waals surface area contributed by atoms with Crippen molar-refractivity contribution in [3.8, 4) is 0 Å². The molecule has 1 aromatic carbocycles. The molecule has 1 aromatic rings. The van der Waals surface area contributed by atoms with Crippen molar-refractivity contribution in [2.24, 2.45) is 5.11 Å². The fourth-order valence-corrected chi connectivity index (χ4v) is 0.681. The van der Waals surface area contributed by atoms with Crippen LogP contribution in [0.2, 0.25) is 0 Å². The molecule has 0 N–H and O–H groups in total. The van der Waals surface area contributed by atoms with E-state index in [4.69, 9.17) is 20.8 Å². The minimum Gasteiger partial charge on any atom is -0.550 e. The minimum atomic E-state index is -1.08. The molecule has 0 aliphatic carbocycles. The Labute approximate surface area is 85.2 Å². The Kier molecular flexibility index (Phi) is 5.70. The largest absolute Gasteiger partial charge is 0.550 e. The molecule has 0 unspecified atom stereocenters. The van der Waals surface area contributed by atoms with Gasteiger partial charge in [-0.1, -0.05) is 17.2 Å². The molecule has 76 valence electrons. The Bertz CT molecular complexity index is 427. The lowest BCUT2D eigenvalue weighted by molar-refractivity contribution is -0.302. The van der Waals surface area contributed by atoms with Crippen molar-refractivity contribution in [1.82, 2.24) is 0 Å². The molecule has 7 heteroatoms. The summed E-state index contributed by atoms with van der Waals surface area (Å²) in [4.78, 5) is 14.4. The van der Waals surface area contributed by atoms with Gasteiger partial charge in [-0.3, -0.25) is 0 Å². The van der Waals surface area contributed by atoms with Crippen LogP contribution in [0.25, 0.3) is 15.4 Å². The molecule has 7 nitrogen and oxygen atoms in total. The lowest BCUT2D eigenvalue weighted by atomic mass is 10.3. The monoisotopic (exact) mass is 205 g/mol. The molecule has 1 rings (SSSR count). The van der Waals surface area contributed by atoms with Gasteiger partial charge in [0.2, 0.25) is 5.39 Å². The van der Waals surface area contributed by atoms with Gasteiger partial charge in [0.05, 0.1) is 0 Å². The summed E-state index contributed by atoms with van der Waals surface area (Å²) in [5.74, 6) is -1.08. The van der Waals surface area contributed by atoms with E-state index in [2.05, 4.69) is 15.0 Å². The van der Waals surface area contributed by atoms with Gasteiger partial charge in [-0.15, -0.1) is 0 Å². The Hall–Kier alpha value is -2.58. The number of hydrogen-bond donors (Lipinski definition) is 0. The van der Waals surface area contributed by atoms with Gasteiger partial charge in [-0.25, -0.2) is 0 Å². The number of benzene rings is 1. The third-order valence-corrected chi connectivity index (χ3v) is 1.14. The van der Waals surface area contributed by atoms with Crippen LogP contribution in [0.1, 0.15) is 6.92 Å². The van der Waals surface area contributed by atoms with Crippen LogP contribution in [0.3, 0.4) is 0 Å². The summed E-state index contributed by atoms with van der Waals surface area (Å²) in [6.07, 6.45) is 0. The highest BCUT2D eigenvalue weighted by Gasteiger charge is 2.08. The zero-order chi connectivity index (χ0) is 11.7. The zero-order valence-corrected chi connectivity index (χ0v) is 7.86. The average molecular weight is 205 g/mol. The highest BCUT2D eigenvalue weighted by molar-refractivity contribution is 5.65. The van der Waals surface area contributed by atoms with E-state index in [9.17, 15) is 0 Å². The topological polar surface area (TPSA) is 117 Å². The fourth-order valence-electron chi connectivity index (χ4n) is 0.681. The predicted octanol–water partition coefficient (Wildman–Crippen LogP) is 1.87. The van der Waals surface area contributed by atoms with Crippen molar-refractivity contribution in [3.05, 3.63) is 39.7 Å². The van der Waals surface area contributed by atoms with Crippen molar-refractivity contribution in [3.63, 3.8) is 0 Å². The second kappa shape index (κ2) is 6.88. The van der Waals surface area contributed by atoms with Crippen molar-refractivity contribution in [2.75, 3.05) is 0 Å². The van der Waals surface area contributed by atoms with Gasteiger partial charge in [-0.2, -0.15) is 0 Å².